The molecule has 0 spiro atoms. The summed E-state index contributed by atoms with van der Waals surface area (Å²) in [6.07, 6.45) is 4.54. The largest absolute Gasteiger partial charge is 0.481 e. The van der Waals surface area contributed by atoms with Gasteiger partial charge in [0.25, 0.3) is 0 Å². The summed E-state index contributed by atoms with van der Waals surface area (Å²) in [7, 11) is 1.85. The zero-order valence-electron chi connectivity index (χ0n) is 10.3. The van der Waals surface area contributed by atoms with Gasteiger partial charge in [-0.2, -0.15) is 0 Å². The molecule has 1 N–H and O–H groups in total. The molecule has 0 aliphatic heterocycles. The highest BCUT2D eigenvalue weighted by atomic mass is 16.4. The van der Waals surface area contributed by atoms with Crippen LogP contribution >= 0.6 is 0 Å². The van der Waals surface area contributed by atoms with Gasteiger partial charge in [-0.3, -0.25) is 14.5 Å². The van der Waals surface area contributed by atoms with Gasteiger partial charge in [0.05, 0.1) is 13.0 Å². The Morgan fingerprint density at radius 2 is 1.76 bits per heavy atom. The van der Waals surface area contributed by atoms with Crippen molar-refractivity contribution >= 4 is 11.9 Å². The molecule has 2 saturated carbocycles. The molecule has 0 unspecified atom stereocenters. The zero-order valence-corrected chi connectivity index (χ0v) is 10.3. The van der Waals surface area contributed by atoms with E-state index in [4.69, 9.17) is 5.11 Å². The quantitative estimate of drug-likeness (QED) is 0.706. The maximum absolute atomic E-state index is 11.9. The van der Waals surface area contributed by atoms with Crippen LogP contribution < -0.4 is 0 Å². The van der Waals surface area contributed by atoms with E-state index in [1.807, 2.05) is 16.8 Å². The van der Waals surface area contributed by atoms with Crippen molar-refractivity contribution in [3.8, 4) is 0 Å². The van der Waals surface area contributed by atoms with Crippen molar-refractivity contribution in [2.45, 2.75) is 44.2 Å². The van der Waals surface area contributed by atoms with E-state index in [2.05, 4.69) is 0 Å². The lowest BCUT2D eigenvalue weighted by atomic mass is 10.3. The van der Waals surface area contributed by atoms with Crippen LogP contribution in [0, 0.1) is 0 Å². The van der Waals surface area contributed by atoms with Crippen LogP contribution in [0.4, 0.5) is 0 Å². The monoisotopic (exact) mass is 240 g/mol. The van der Waals surface area contributed by atoms with E-state index in [0.29, 0.717) is 25.2 Å². The van der Waals surface area contributed by atoms with Crippen molar-refractivity contribution in [1.29, 1.82) is 0 Å². The molecule has 0 radical (unpaired) electrons. The highest BCUT2D eigenvalue weighted by Crippen LogP contribution is 2.28. The van der Waals surface area contributed by atoms with Crippen LogP contribution in [-0.2, 0) is 9.59 Å². The van der Waals surface area contributed by atoms with Crippen LogP contribution in [0.25, 0.3) is 0 Å². The van der Waals surface area contributed by atoms with Gasteiger partial charge in [-0.05, 0) is 25.7 Å². The van der Waals surface area contributed by atoms with E-state index in [9.17, 15) is 9.59 Å². The third kappa shape index (κ3) is 3.70. The molecule has 5 heteroatoms. The molecule has 0 saturated heterocycles. The minimum atomic E-state index is -0.793. The van der Waals surface area contributed by atoms with Crippen molar-refractivity contribution in [3.05, 3.63) is 0 Å². The molecule has 2 aliphatic rings. The molecule has 2 aliphatic carbocycles. The minimum Gasteiger partial charge on any atom is -0.481 e. The SMILES string of the molecule is CN(C(=O)CN(CCC(=O)O)C1CC1)C1CC1. The fourth-order valence-corrected chi connectivity index (χ4v) is 2.02. The summed E-state index contributed by atoms with van der Waals surface area (Å²) in [4.78, 5) is 26.4. The molecule has 0 aromatic heterocycles. The molecule has 5 nitrogen and oxygen atoms in total. The van der Waals surface area contributed by atoms with Crippen LogP contribution in [0.2, 0.25) is 0 Å². The predicted molar refractivity (Wildman–Crippen MR) is 62.6 cm³/mol. The average molecular weight is 240 g/mol. The molecule has 0 aromatic carbocycles. The second kappa shape index (κ2) is 5.04. The number of hydrogen-bond acceptors (Lipinski definition) is 3. The predicted octanol–water partition coefficient (Wildman–Crippen LogP) is 0.546. The van der Waals surface area contributed by atoms with Crippen molar-refractivity contribution in [1.82, 2.24) is 9.80 Å². The van der Waals surface area contributed by atoms with E-state index in [1.165, 1.54) is 0 Å². The van der Waals surface area contributed by atoms with Crippen LogP contribution in [0.5, 0.6) is 0 Å². The van der Waals surface area contributed by atoms with Gasteiger partial charge in [0, 0.05) is 25.7 Å². The Morgan fingerprint density at radius 3 is 2.24 bits per heavy atom. The number of carbonyl (C=O) groups excluding carboxylic acids is 1. The van der Waals surface area contributed by atoms with Crippen LogP contribution in [0.3, 0.4) is 0 Å². The number of amides is 1. The average Bonchev–Trinajstić information content (AvgIpc) is 3.15. The zero-order chi connectivity index (χ0) is 12.4. The molecule has 0 atom stereocenters. The second-order valence-corrected chi connectivity index (χ2v) is 5.08. The van der Waals surface area contributed by atoms with Crippen molar-refractivity contribution in [2.24, 2.45) is 0 Å². The third-order valence-corrected chi connectivity index (χ3v) is 3.50. The number of hydrogen-bond donors (Lipinski definition) is 1. The molecular formula is C12H20N2O3. The van der Waals surface area contributed by atoms with Gasteiger partial charge < -0.3 is 10.0 Å². The normalized spacial score (nSPS) is 19.4. The number of carbonyl (C=O) groups is 2. The fraction of sp³-hybridized carbons (Fsp3) is 0.833. The van der Waals surface area contributed by atoms with Crippen molar-refractivity contribution < 1.29 is 14.7 Å². The topological polar surface area (TPSA) is 60.9 Å². The lowest BCUT2D eigenvalue weighted by Crippen LogP contribution is -2.41. The molecule has 2 rings (SSSR count). The lowest BCUT2D eigenvalue weighted by molar-refractivity contribution is -0.138. The molecular weight excluding hydrogens is 220 g/mol. The van der Waals surface area contributed by atoms with Crippen molar-refractivity contribution in [3.63, 3.8) is 0 Å². The van der Waals surface area contributed by atoms with Crippen molar-refractivity contribution in [2.75, 3.05) is 20.1 Å². The molecule has 0 aromatic rings. The Bertz CT molecular complexity index is 311. The summed E-state index contributed by atoms with van der Waals surface area (Å²) in [5.41, 5.74) is 0. The third-order valence-electron chi connectivity index (χ3n) is 3.50. The van der Waals surface area contributed by atoms with E-state index in [-0.39, 0.29) is 12.3 Å². The summed E-state index contributed by atoms with van der Waals surface area (Å²) in [6.45, 7) is 0.870. The summed E-state index contributed by atoms with van der Waals surface area (Å²) < 4.78 is 0. The van der Waals surface area contributed by atoms with Gasteiger partial charge in [-0.1, -0.05) is 0 Å². The molecule has 17 heavy (non-hydrogen) atoms. The highest BCUT2D eigenvalue weighted by Gasteiger charge is 2.34. The van der Waals surface area contributed by atoms with Gasteiger partial charge >= 0.3 is 5.97 Å². The maximum atomic E-state index is 11.9. The standard InChI is InChI=1S/C12H20N2O3/c1-13(9-2-3-9)11(15)8-14(10-4-5-10)7-6-12(16)17/h9-10H,2-8H2,1H3,(H,16,17). The fourth-order valence-electron chi connectivity index (χ4n) is 2.02. The van der Waals surface area contributed by atoms with Crippen LogP contribution in [0.15, 0.2) is 0 Å². The van der Waals surface area contributed by atoms with Gasteiger partial charge in [-0.15, -0.1) is 0 Å². The summed E-state index contributed by atoms with van der Waals surface area (Å²) in [5, 5.41) is 8.68. The summed E-state index contributed by atoms with van der Waals surface area (Å²) >= 11 is 0. The summed E-state index contributed by atoms with van der Waals surface area (Å²) in [6, 6.07) is 0.869. The number of carboxylic acid groups (broad SMARTS) is 1. The Kier molecular flexibility index (Phi) is 3.66. The molecule has 0 bridgehead atoms. The summed E-state index contributed by atoms with van der Waals surface area (Å²) in [5.74, 6) is -0.663. The number of aliphatic carboxylic acids is 1. The van der Waals surface area contributed by atoms with E-state index in [0.717, 1.165) is 25.7 Å². The first-order chi connectivity index (χ1) is 8.08. The number of rotatable bonds is 7. The molecule has 1 amide bonds. The number of carboxylic acids is 1. The van der Waals surface area contributed by atoms with Crippen LogP contribution in [0.1, 0.15) is 32.1 Å². The Balaban J connectivity index is 1.79. The van der Waals surface area contributed by atoms with Gasteiger partial charge in [-0.25, -0.2) is 0 Å². The second-order valence-electron chi connectivity index (χ2n) is 5.08. The van der Waals surface area contributed by atoms with E-state index in [1.54, 1.807) is 0 Å². The Morgan fingerprint density at radius 1 is 1.18 bits per heavy atom. The van der Waals surface area contributed by atoms with Gasteiger partial charge in [0.2, 0.25) is 5.91 Å². The number of likely N-dealkylation sites (N-methyl/N-ethyl adjacent to an activating group) is 1. The van der Waals surface area contributed by atoms with Crippen LogP contribution in [-0.4, -0.2) is 59.0 Å². The van der Waals surface area contributed by atoms with E-state index < -0.39 is 5.97 Å². The first-order valence-electron chi connectivity index (χ1n) is 6.29. The molecule has 2 fully saturated rings. The minimum absolute atomic E-state index is 0.122. The maximum Gasteiger partial charge on any atom is 0.304 e. The lowest BCUT2D eigenvalue weighted by Gasteiger charge is -2.24. The molecule has 0 heterocycles. The Labute approximate surface area is 101 Å². The van der Waals surface area contributed by atoms with Gasteiger partial charge in [0.15, 0.2) is 0 Å². The number of nitrogens with zero attached hydrogens (tertiary/aromatic N) is 2. The highest BCUT2D eigenvalue weighted by molar-refractivity contribution is 5.78. The Hall–Kier alpha value is -1.10. The smallest absolute Gasteiger partial charge is 0.304 e. The van der Waals surface area contributed by atoms with E-state index >= 15 is 0 Å². The first-order valence-corrected chi connectivity index (χ1v) is 6.29. The molecule has 96 valence electrons. The van der Waals surface area contributed by atoms with Gasteiger partial charge in [0.1, 0.15) is 0 Å². The first kappa shape index (κ1) is 12.4.